The topological polar surface area (TPSA) is 81.7 Å². The predicted octanol–water partition coefficient (Wildman–Crippen LogP) is 2.10. The fourth-order valence-corrected chi connectivity index (χ4v) is 2.69. The van der Waals surface area contributed by atoms with Crippen LogP contribution in [0.1, 0.15) is 45.0 Å². The van der Waals surface area contributed by atoms with Crippen LogP contribution in [0.4, 0.5) is 0 Å². The molecule has 0 unspecified atom stereocenters. The van der Waals surface area contributed by atoms with Crippen LogP contribution < -0.4 is 16.0 Å². The Bertz CT molecular complexity index is 542. The van der Waals surface area contributed by atoms with Gasteiger partial charge in [-0.3, -0.25) is 19.7 Å². The Balaban J connectivity index is 0.00000676. The van der Waals surface area contributed by atoms with E-state index in [2.05, 4.69) is 58.5 Å². The first-order chi connectivity index (χ1) is 12.5. The van der Waals surface area contributed by atoms with Gasteiger partial charge in [0.25, 0.3) is 5.91 Å². The minimum Gasteiger partial charge on any atom is -0.357 e. The molecule has 0 atom stereocenters. The van der Waals surface area contributed by atoms with Gasteiger partial charge in [-0.15, -0.1) is 24.0 Å². The van der Waals surface area contributed by atoms with Gasteiger partial charge in [-0.1, -0.05) is 0 Å². The molecule has 0 saturated carbocycles. The third-order valence-electron chi connectivity index (χ3n) is 3.93. The molecule has 1 amide bonds. The predicted molar refractivity (Wildman–Crippen MR) is 123 cm³/mol. The number of rotatable bonds is 10. The molecule has 1 heterocycles. The van der Waals surface area contributed by atoms with Crippen LogP contribution in [0.2, 0.25) is 0 Å². The van der Waals surface area contributed by atoms with E-state index < -0.39 is 0 Å². The van der Waals surface area contributed by atoms with Gasteiger partial charge in [0.15, 0.2) is 5.96 Å². The molecule has 1 aromatic rings. The molecule has 154 valence electrons. The highest BCUT2D eigenvalue weighted by atomic mass is 127. The number of hydrogen-bond donors (Lipinski definition) is 3. The molecule has 0 bridgehead atoms. The van der Waals surface area contributed by atoms with Crippen LogP contribution in [0.5, 0.6) is 0 Å². The summed E-state index contributed by atoms with van der Waals surface area (Å²) in [4.78, 5) is 22.9. The number of halogens is 1. The van der Waals surface area contributed by atoms with Crippen molar-refractivity contribution in [2.24, 2.45) is 4.99 Å². The largest absolute Gasteiger partial charge is 0.357 e. The zero-order valence-electron chi connectivity index (χ0n) is 17.2. The lowest BCUT2D eigenvalue weighted by atomic mass is 10.2. The fraction of sp³-hybridized carbons (Fsp3) is 0.632. The van der Waals surface area contributed by atoms with E-state index in [1.165, 1.54) is 0 Å². The molecular formula is C19H35IN6O. The number of pyridine rings is 1. The number of aliphatic imine (C=N–C) groups is 1. The summed E-state index contributed by atoms with van der Waals surface area (Å²) in [7, 11) is 0. The lowest BCUT2D eigenvalue weighted by molar-refractivity contribution is 0.0954. The quantitative estimate of drug-likeness (QED) is 0.203. The zero-order chi connectivity index (χ0) is 19.4. The van der Waals surface area contributed by atoms with Crippen molar-refractivity contribution in [1.82, 2.24) is 25.8 Å². The van der Waals surface area contributed by atoms with Gasteiger partial charge in [-0.25, -0.2) is 0 Å². The van der Waals surface area contributed by atoms with Gasteiger partial charge in [0, 0.05) is 50.7 Å². The smallest absolute Gasteiger partial charge is 0.252 e. The summed E-state index contributed by atoms with van der Waals surface area (Å²) in [5, 5.41) is 9.35. The van der Waals surface area contributed by atoms with Gasteiger partial charge in [0.2, 0.25) is 0 Å². The number of aromatic nitrogens is 1. The van der Waals surface area contributed by atoms with Crippen LogP contribution in [0, 0.1) is 0 Å². The van der Waals surface area contributed by atoms with Crippen molar-refractivity contribution in [3.05, 3.63) is 30.1 Å². The number of carbonyl (C=O) groups is 1. The Morgan fingerprint density at radius 1 is 1.15 bits per heavy atom. The molecule has 0 aromatic carbocycles. The van der Waals surface area contributed by atoms with E-state index in [1.54, 1.807) is 24.5 Å². The minimum absolute atomic E-state index is 0. The number of hydrogen-bond acceptors (Lipinski definition) is 4. The van der Waals surface area contributed by atoms with E-state index in [0.717, 1.165) is 25.6 Å². The van der Waals surface area contributed by atoms with E-state index in [0.29, 0.717) is 30.7 Å². The summed E-state index contributed by atoms with van der Waals surface area (Å²) >= 11 is 0. The van der Waals surface area contributed by atoms with E-state index >= 15 is 0 Å². The van der Waals surface area contributed by atoms with Gasteiger partial charge in [-0.2, -0.15) is 0 Å². The number of nitrogens with one attached hydrogen (secondary N) is 3. The SMILES string of the molecule is CCNC(=NCCN(C(C)C)C(C)C)NCCNC(=O)c1cccnc1.I. The summed E-state index contributed by atoms with van der Waals surface area (Å²) < 4.78 is 0. The average Bonchev–Trinajstić information content (AvgIpc) is 2.61. The van der Waals surface area contributed by atoms with Gasteiger partial charge in [-0.05, 0) is 46.8 Å². The minimum atomic E-state index is -0.119. The second-order valence-electron chi connectivity index (χ2n) is 6.61. The molecule has 0 spiro atoms. The molecule has 7 nitrogen and oxygen atoms in total. The molecule has 1 aromatic heterocycles. The number of guanidine groups is 1. The fourth-order valence-electron chi connectivity index (χ4n) is 2.69. The highest BCUT2D eigenvalue weighted by Crippen LogP contribution is 2.03. The lowest BCUT2D eigenvalue weighted by Gasteiger charge is -2.29. The second-order valence-corrected chi connectivity index (χ2v) is 6.61. The van der Waals surface area contributed by atoms with Crippen molar-refractivity contribution in [2.45, 2.75) is 46.7 Å². The molecule has 1 rings (SSSR count). The maximum atomic E-state index is 12.0. The van der Waals surface area contributed by atoms with Crippen LogP contribution in [0.25, 0.3) is 0 Å². The summed E-state index contributed by atoms with van der Waals surface area (Å²) in [6.07, 6.45) is 3.21. The van der Waals surface area contributed by atoms with Gasteiger partial charge in [0.05, 0.1) is 12.1 Å². The van der Waals surface area contributed by atoms with Crippen molar-refractivity contribution in [1.29, 1.82) is 0 Å². The van der Waals surface area contributed by atoms with Crippen molar-refractivity contribution >= 4 is 35.8 Å². The van der Waals surface area contributed by atoms with Crippen molar-refractivity contribution < 1.29 is 4.79 Å². The monoisotopic (exact) mass is 490 g/mol. The molecule has 3 N–H and O–H groups in total. The number of carbonyl (C=O) groups excluding carboxylic acids is 1. The van der Waals surface area contributed by atoms with Gasteiger partial charge in [0.1, 0.15) is 0 Å². The maximum Gasteiger partial charge on any atom is 0.252 e. The molecule has 8 heteroatoms. The van der Waals surface area contributed by atoms with E-state index in [-0.39, 0.29) is 29.9 Å². The highest BCUT2D eigenvalue weighted by molar-refractivity contribution is 14.0. The van der Waals surface area contributed by atoms with E-state index in [1.807, 2.05) is 6.92 Å². The van der Waals surface area contributed by atoms with Gasteiger partial charge < -0.3 is 16.0 Å². The summed E-state index contributed by atoms with van der Waals surface area (Å²) in [6.45, 7) is 14.4. The summed E-state index contributed by atoms with van der Waals surface area (Å²) in [6, 6.07) is 4.50. The van der Waals surface area contributed by atoms with Crippen LogP contribution in [-0.4, -0.2) is 66.6 Å². The van der Waals surface area contributed by atoms with E-state index in [4.69, 9.17) is 0 Å². The van der Waals surface area contributed by atoms with Gasteiger partial charge >= 0.3 is 0 Å². The Labute approximate surface area is 180 Å². The molecule has 27 heavy (non-hydrogen) atoms. The van der Waals surface area contributed by atoms with Crippen molar-refractivity contribution in [2.75, 3.05) is 32.7 Å². The molecule has 0 radical (unpaired) electrons. The zero-order valence-corrected chi connectivity index (χ0v) is 19.5. The molecule has 0 aliphatic carbocycles. The number of nitrogens with zero attached hydrogens (tertiary/aromatic N) is 3. The summed E-state index contributed by atoms with van der Waals surface area (Å²) in [5.41, 5.74) is 0.565. The molecule has 0 fully saturated rings. The van der Waals surface area contributed by atoms with Crippen molar-refractivity contribution in [3.8, 4) is 0 Å². The first kappa shape index (κ1) is 25.6. The first-order valence-corrected chi connectivity index (χ1v) is 9.41. The lowest BCUT2D eigenvalue weighted by Crippen LogP contribution is -2.43. The van der Waals surface area contributed by atoms with Crippen LogP contribution >= 0.6 is 24.0 Å². The molecule has 0 saturated heterocycles. The first-order valence-electron chi connectivity index (χ1n) is 9.41. The Morgan fingerprint density at radius 2 is 1.81 bits per heavy atom. The standard InChI is InChI=1S/C19H34N6O.HI/c1-6-21-19(24-12-13-25(15(2)3)16(4)5)23-11-10-22-18(26)17-8-7-9-20-14-17;/h7-9,14-16H,6,10-13H2,1-5H3,(H,22,26)(H2,21,23,24);1H. The Morgan fingerprint density at radius 3 is 2.37 bits per heavy atom. The normalized spacial score (nSPS) is 11.5. The summed E-state index contributed by atoms with van der Waals surface area (Å²) in [5.74, 6) is 0.655. The molecular weight excluding hydrogens is 455 g/mol. The molecule has 0 aliphatic heterocycles. The highest BCUT2D eigenvalue weighted by Gasteiger charge is 2.12. The third kappa shape index (κ3) is 10.5. The third-order valence-corrected chi connectivity index (χ3v) is 3.93. The van der Waals surface area contributed by atoms with E-state index in [9.17, 15) is 4.79 Å². The van der Waals surface area contributed by atoms with Crippen LogP contribution in [-0.2, 0) is 0 Å². The Kier molecular flexibility index (Phi) is 13.8. The Hall–Kier alpha value is -1.42. The molecule has 0 aliphatic rings. The number of amides is 1. The van der Waals surface area contributed by atoms with Crippen LogP contribution in [0.3, 0.4) is 0 Å². The average molecular weight is 490 g/mol. The second kappa shape index (κ2) is 14.6. The van der Waals surface area contributed by atoms with Crippen LogP contribution in [0.15, 0.2) is 29.5 Å². The van der Waals surface area contributed by atoms with Crippen molar-refractivity contribution in [3.63, 3.8) is 0 Å². The maximum absolute atomic E-state index is 12.0.